The zero-order chi connectivity index (χ0) is 24.0. The Labute approximate surface area is 204 Å². The van der Waals surface area contributed by atoms with Gasteiger partial charge < -0.3 is 19.9 Å². The maximum absolute atomic E-state index is 13.3. The van der Waals surface area contributed by atoms with Crippen molar-refractivity contribution in [3.05, 3.63) is 96.2 Å². The number of carbonyl (C=O) groups is 1. The van der Waals surface area contributed by atoms with Crippen LogP contribution in [-0.2, 0) is 0 Å². The van der Waals surface area contributed by atoms with Gasteiger partial charge in [0.25, 0.3) is 5.91 Å². The largest absolute Gasteiger partial charge is 0.457 e. The summed E-state index contributed by atoms with van der Waals surface area (Å²) in [5.41, 5.74) is 1.49. The molecule has 0 saturated carbocycles. The molecule has 4 aromatic rings. The molecule has 8 nitrogen and oxygen atoms in total. The highest BCUT2D eigenvalue weighted by atomic mass is 16.5. The van der Waals surface area contributed by atoms with E-state index in [1.165, 1.54) is 0 Å². The van der Waals surface area contributed by atoms with Crippen molar-refractivity contribution in [2.75, 3.05) is 36.4 Å². The van der Waals surface area contributed by atoms with Gasteiger partial charge in [-0.2, -0.15) is 0 Å². The molecule has 1 fully saturated rings. The van der Waals surface area contributed by atoms with Crippen LogP contribution in [0.5, 0.6) is 11.5 Å². The second-order valence-corrected chi connectivity index (χ2v) is 8.26. The first-order valence-electron chi connectivity index (χ1n) is 11.6. The van der Waals surface area contributed by atoms with Gasteiger partial charge in [-0.25, -0.2) is 4.98 Å². The van der Waals surface area contributed by atoms with Gasteiger partial charge in [-0.1, -0.05) is 36.4 Å². The summed E-state index contributed by atoms with van der Waals surface area (Å²) in [6.45, 7) is 4.47. The highest BCUT2D eigenvalue weighted by Gasteiger charge is 2.25. The van der Waals surface area contributed by atoms with Crippen molar-refractivity contribution < 1.29 is 9.53 Å². The first-order chi connectivity index (χ1) is 17.2. The lowest BCUT2D eigenvalue weighted by molar-refractivity contribution is 0.0744. The predicted octanol–water partition coefficient (Wildman–Crippen LogP) is 4.68. The molecule has 1 aliphatic heterocycles. The van der Waals surface area contributed by atoms with Crippen molar-refractivity contribution in [1.82, 2.24) is 20.1 Å². The number of aromatic nitrogens is 3. The summed E-state index contributed by atoms with van der Waals surface area (Å²) in [5.74, 6) is 3.38. The van der Waals surface area contributed by atoms with Crippen molar-refractivity contribution in [3.8, 4) is 11.5 Å². The molecule has 0 aliphatic carbocycles. The Morgan fingerprint density at radius 3 is 2.31 bits per heavy atom. The lowest BCUT2D eigenvalue weighted by atomic mass is 10.1. The minimum absolute atomic E-state index is 0.0348. The van der Waals surface area contributed by atoms with Gasteiger partial charge in [-0.15, -0.1) is 10.2 Å². The van der Waals surface area contributed by atoms with E-state index in [0.29, 0.717) is 49.1 Å². The third kappa shape index (κ3) is 5.38. The van der Waals surface area contributed by atoms with Crippen LogP contribution in [0, 0.1) is 6.92 Å². The number of carbonyl (C=O) groups excluding carboxylic acids is 1. The number of ether oxygens (including phenoxy) is 1. The molecule has 35 heavy (non-hydrogen) atoms. The van der Waals surface area contributed by atoms with E-state index in [1.807, 2.05) is 96.8 Å². The van der Waals surface area contributed by atoms with Gasteiger partial charge in [0.2, 0.25) is 0 Å². The highest BCUT2D eigenvalue weighted by molar-refractivity contribution is 5.97. The Bertz CT molecular complexity index is 1290. The van der Waals surface area contributed by atoms with Crippen LogP contribution >= 0.6 is 0 Å². The Balaban J connectivity index is 1.20. The molecule has 1 saturated heterocycles. The number of nitrogens with zero attached hydrogens (tertiary/aromatic N) is 5. The van der Waals surface area contributed by atoms with Gasteiger partial charge in [-0.3, -0.25) is 4.79 Å². The highest BCUT2D eigenvalue weighted by Crippen LogP contribution is 2.27. The second-order valence-electron chi connectivity index (χ2n) is 8.26. The van der Waals surface area contributed by atoms with Crippen LogP contribution in [0.2, 0.25) is 0 Å². The standard InChI is InChI=1S/C27H26N6O2/c1-20-8-7-13-24(28-20)29-25-14-15-26(31-30-25)32-16-18-33(19-17-32)27(34)22-11-5-6-12-23(22)35-21-9-3-2-4-10-21/h2-15H,16-19H2,1H3,(H,28,29,30). The minimum atomic E-state index is -0.0348. The van der Waals surface area contributed by atoms with Crippen molar-refractivity contribution in [2.24, 2.45) is 0 Å². The smallest absolute Gasteiger partial charge is 0.257 e. The molecular formula is C27H26N6O2. The van der Waals surface area contributed by atoms with Gasteiger partial charge in [-0.05, 0) is 55.5 Å². The normalized spacial score (nSPS) is 13.4. The lowest BCUT2D eigenvalue weighted by Crippen LogP contribution is -2.49. The summed E-state index contributed by atoms with van der Waals surface area (Å²) in [7, 11) is 0. The van der Waals surface area contributed by atoms with Crippen LogP contribution in [0.4, 0.5) is 17.5 Å². The number of nitrogens with one attached hydrogen (secondary N) is 1. The van der Waals surface area contributed by atoms with Crippen LogP contribution in [0.1, 0.15) is 16.1 Å². The van der Waals surface area contributed by atoms with E-state index in [0.717, 1.165) is 17.3 Å². The Hall–Kier alpha value is -4.46. The number of rotatable bonds is 6. The van der Waals surface area contributed by atoms with Gasteiger partial charge in [0.1, 0.15) is 17.3 Å². The van der Waals surface area contributed by atoms with E-state index >= 15 is 0 Å². The van der Waals surface area contributed by atoms with Gasteiger partial charge in [0.15, 0.2) is 11.6 Å². The minimum Gasteiger partial charge on any atom is -0.457 e. The monoisotopic (exact) mass is 466 g/mol. The Morgan fingerprint density at radius 1 is 0.800 bits per heavy atom. The molecule has 0 radical (unpaired) electrons. The number of benzene rings is 2. The molecule has 176 valence electrons. The average Bonchev–Trinajstić information content (AvgIpc) is 2.90. The number of piperazine rings is 1. The molecule has 3 heterocycles. The Morgan fingerprint density at radius 2 is 1.57 bits per heavy atom. The lowest BCUT2D eigenvalue weighted by Gasteiger charge is -2.35. The van der Waals surface area contributed by atoms with E-state index in [-0.39, 0.29) is 5.91 Å². The number of amides is 1. The fraction of sp³-hybridized carbons (Fsp3) is 0.185. The van der Waals surface area contributed by atoms with Crippen LogP contribution in [0.25, 0.3) is 0 Å². The molecule has 0 atom stereocenters. The molecule has 1 amide bonds. The molecule has 5 rings (SSSR count). The average molecular weight is 467 g/mol. The van der Waals surface area contributed by atoms with E-state index < -0.39 is 0 Å². The summed E-state index contributed by atoms with van der Waals surface area (Å²) in [6.07, 6.45) is 0. The molecule has 0 bridgehead atoms. The predicted molar refractivity (Wildman–Crippen MR) is 135 cm³/mol. The Kier molecular flexibility index (Phi) is 6.52. The topological polar surface area (TPSA) is 83.5 Å². The fourth-order valence-electron chi connectivity index (χ4n) is 3.96. The van der Waals surface area contributed by atoms with Crippen LogP contribution in [-0.4, -0.2) is 52.2 Å². The third-order valence-electron chi connectivity index (χ3n) is 5.77. The van der Waals surface area contributed by atoms with Crippen LogP contribution in [0.15, 0.2) is 84.9 Å². The van der Waals surface area contributed by atoms with E-state index in [2.05, 4.69) is 25.4 Å². The summed E-state index contributed by atoms with van der Waals surface area (Å²) < 4.78 is 5.99. The first-order valence-corrected chi connectivity index (χ1v) is 11.6. The van der Waals surface area contributed by atoms with Crippen molar-refractivity contribution in [1.29, 1.82) is 0 Å². The summed E-state index contributed by atoms with van der Waals surface area (Å²) >= 11 is 0. The summed E-state index contributed by atoms with van der Waals surface area (Å²) in [5, 5.41) is 11.8. The molecule has 2 aromatic carbocycles. The molecule has 2 aromatic heterocycles. The number of para-hydroxylation sites is 2. The molecule has 0 spiro atoms. The van der Waals surface area contributed by atoms with Crippen molar-refractivity contribution in [3.63, 3.8) is 0 Å². The van der Waals surface area contributed by atoms with Crippen LogP contribution in [0.3, 0.4) is 0 Å². The molecule has 8 heteroatoms. The van der Waals surface area contributed by atoms with E-state index in [9.17, 15) is 4.79 Å². The molecular weight excluding hydrogens is 440 g/mol. The number of hydrogen-bond donors (Lipinski definition) is 1. The molecule has 0 unspecified atom stereocenters. The first kappa shape index (κ1) is 22.3. The SMILES string of the molecule is Cc1cccc(Nc2ccc(N3CCN(C(=O)c4ccccc4Oc4ccccc4)CC3)nn2)n1. The fourth-order valence-corrected chi connectivity index (χ4v) is 3.96. The van der Waals surface area contributed by atoms with Crippen molar-refractivity contribution in [2.45, 2.75) is 6.92 Å². The molecule has 1 N–H and O–H groups in total. The summed E-state index contributed by atoms with van der Waals surface area (Å²) in [4.78, 5) is 21.7. The number of aryl methyl sites for hydroxylation is 1. The number of anilines is 3. The number of pyridine rings is 1. The zero-order valence-corrected chi connectivity index (χ0v) is 19.5. The maximum atomic E-state index is 13.3. The van der Waals surface area contributed by atoms with E-state index in [1.54, 1.807) is 0 Å². The summed E-state index contributed by atoms with van der Waals surface area (Å²) in [6, 6.07) is 26.5. The van der Waals surface area contributed by atoms with E-state index in [4.69, 9.17) is 4.74 Å². The van der Waals surface area contributed by atoms with Gasteiger partial charge in [0.05, 0.1) is 5.56 Å². The maximum Gasteiger partial charge on any atom is 0.257 e. The van der Waals surface area contributed by atoms with Crippen molar-refractivity contribution >= 4 is 23.4 Å². The third-order valence-corrected chi connectivity index (χ3v) is 5.77. The van der Waals surface area contributed by atoms with Crippen LogP contribution < -0.4 is 15.0 Å². The van der Waals surface area contributed by atoms with Gasteiger partial charge >= 0.3 is 0 Å². The second kappa shape index (κ2) is 10.2. The van der Waals surface area contributed by atoms with Gasteiger partial charge in [0, 0.05) is 31.9 Å². The molecule has 1 aliphatic rings. The zero-order valence-electron chi connectivity index (χ0n) is 19.5. The quantitative estimate of drug-likeness (QED) is 0.442. The number of hydrogen-bond acceptors (Lipinski definition) is 7.